The predicted molar refractivity (Wildman–Crippen MR) is 68.6 cm³/mol. The van der Waals surface area contributed by atoms with Crippen molar-refractivity contribution in [3.05, 3.63) is 42.1 Å². The SMILES string of the molecule is CC1(C)NCCn2cc(-c3ccc(F)cc3)nc21. The lowest BCUT2D eigenvalue weighted by Gasteiger charge is -2.31. The summed E-state index contributed by atoms with van der Waals surface area (Å²) in [5, 5.41) is 3.45. The van der Waals surface area contributed by atoms with Crippen LogP contribution in [0.4, 0.5) is 4.39 Å². The van der Waals surface area contributed by atoms with Crippen LogP contribution < -0.4 is 5.32 Å². The highest BCUT2D eigenvalue weighted by Gasteiger charge is 2.29. The van der Waals surface area contributed by atoms with Gasteiger partial charge < -0.3 is 9.88 Å². The Morgan fingerprint density at radius 1 is 1.28 bits per heavy atom. The van der Waals surface area contributed by atoms with Gasteiger partial charge in [-0.15, -0.1) is 0 Å². The van der Waals surface area contributed by atoms with Crippen LogP contribution in [0, 0.1) is 5.82 Å². The van der Waals surface area contributed by atoms with Gasteiger partial charge in [0.15, 0.2) is 0 Å². The van der Waals surface area contributed by atoms with Gasteiger partial charge in [-0.2, -0.15) is 0 Å². The van der Waals surface area contributed by atoms with E-state index < -0.39 is 0 Å². The van der Waals surface area contributed by atoms with E-state index in [2.05, 4.69) is 28.7 Å². The Bertz CT molecular complexity index is 569. The zero-order valence-corrected chi connectivity index (χ0v) is 10.6. The lowest BCUT2D eigenvalue weighted by molar-refractivity contribution is 0.316. The summed E-state index contributed by atoms with van der Waals surface area (Å²) >= 11 is 0. The van der Waals surface area contributed by atoms with Crippen LogP contribution in [0.2, 0.25) is 0 Å². The highest BCUT2D eigenvalue weighted by molar-refractivity contribution is 5.58. The molecule has 0 fully saturated rings. The quantitative estimate of drug-likeness (QED) is 0.836. The summed E-state index contributed by atoms with van der Waals surface area (Å²) in [6, 6.07) is 6.47. The molecule has 0 amide bonds. The van der Waals surface area contributed by atoms with Crippen molar-refractivity contribution in [3.8, 4) is 11.3 Å². The van der Waals surface area contributed by atoms with Gasteiger partial charge in [0.1, 0.15) is 11.6 Å². The van der Waals surface area contributed by atoms with Crippen LogP contribution in [0.1, 0.15) is 19.7 Å². The molecule has 94 valence electrons. The number of aromatic nitrogens is 2. The Hall–Kier alpha value is -1.68. The molecule has 0 bridgehead atoms. The zero-order valence-electron chi connectivity index (χ0n) is 10.6. The molecule has 0 radical (unpaired) electrons. The van der Waals surface area contributed by atoms with Crippen LogP contribution in [0.3, 0.4) is 0 Å². The fourth-order valence-corrected chi connectivity index (χ4v) is 2.41. The maximum atomic E-state index is 12.9. The number of hydrogen-bond acceptors (Lipinski definition) is 2. The van der Waals surface area contributed by atoms with E-state index in [4.69, 9.17) is 0 Å². The fourth-order valence-electron chi connectivity index (χ4n) is 2.41. The molecule has 0 saturated heterocycles. The minimum absolute atomic E-state index is 0.115. The predicted octanol–water partition coefficient (Wildman–Crippen LogP) is 2.53. The van der Waals surface area contributed by atoms with Crippen LogP contribution in [-0.4, -0.2) is 16.1 Å². The average Bonchev–Trinajstić information content (AvgIpc) is 2.75. The van der Waals surface area contributed by atoms with Crippen molar-refractivity contribution < 1.29 is 4.39 Å². The van der Waals surface area contributed by atoms with Crippen LogP contribution in [0.5, 0.6) is 0 Å². The summed E-state index contributed by atoms with van der Waals surface area (Å²) in [4.78, 5) is 4.68. The van der Waals surface area contributed by atoms with Crippen molar-refractivity contribution in [1.29, 1.82) is 0 Å². The van der Waals surface area contributed by atoms with E-state index in [0.717, 1.165) is 30.2 Å². The molecule has 3 rings (SSSR count). The average molecular weight is 245 g/mol. The topological polar surface area (TPSA) is 29.9 Å². The van der Waals surface area contributed by atoms with Crippen molar-refractivity contribution in [2.24, 2.45) is 0 Å². The normalized spacial score (nSPS) is 17.5. The second-order valence-electron chi connectivity index (χ2n) is 5.20. The van der Waals surface area contributed by atoms with E-state index in [1.807, 2.05) is 6.20 Å². The first-order valence-electron chi connectivity index (χ1n) is 6.15. The molecule has 4 heteroatoms. The van der Waals surface area contributed by atoms with Crippen LogP contribution in [0.15, 0.2) is 30.5 Å². The van der Waals surface area contributed by atoms with Crippen LogP contribution in [0.25, 0.3) is 11.3 Å². The fraction of sp³-hybridized carbons (Fsp3) is 0.357. The first kappa shape index (κ1) is 11.4. The Labute approximate surface area is 106 Å². The van der Waals surface area contributed by atoms with E-state index >= 15 is 0 Å². The van der Waals surface area contributed by atoms with Crippen LogP contribution in [-0.2, 0) is 12.1 Å². The highest BCUT2D eigenvalue weighted by Crippen LogP contribution is 2.27. The van der Waals surface area contributed by atoms with Gasteiger partial charge in [-0.25, -0.2) is 9.37 Å². The summed E-state index contributed by atoms with van der Waals surface area (Å²) in [6.45, 7) is 6.12. The minimum atomic E-state index is -0.218. The van der Waals surface area contributed by atoms with Gasteiger partial charge in [0.05, 0.1) is 11.2 Å². The number of rotatable bonds is 1. The van der Waals surface area contributed by atoms with Crippen molar-refractivity contribution in [2.45, 2.75) is 25.9 Å². The molecular formula is C14H16FN3. The van der Waals surface area contributed by atoms with Gasteiger partial charge in [-0.1, -0.05) is 0 Å². The number of halogens is 1. The van der Waals surface area contributed by atoms with Gasteiger partial charge in [0, 0.05) is 24.8 Å². The second kappa shape index (κ2) is 3.92. The second-order valence-corrected chi connectivity index (χ2v) is 5.20. The third-order valence-corrected chi connectivity index (χ3v) is 3.40. The number of benzene rings is 1. The van der Waals surface area contributed by atoms with Crippen LogP contribution >= 0.6 is 0 Å². The summed E-state index contributed by atoms with van der Waals surface area (Å²) < 4.78 is 15.1. The van der Waals surface area contributed by atoms with Gasteiger partial charge >= 0.3 is 0 Å². The molecule has 0 atom stereocenters. The minimum Gasteiger partial charge on any atom is -0.331 e. The van der Waals surface area contributed by atoms with Gasteiger partial charge in [-0.3, -0.25) is 0 Å². The number of nitrogens with one attached hydrogen (secondary N) is 1. The molecule has 1 aliphatic heterocycles. The van der Waals surface area contributed by atoms with E-state index in [-0.39, 0.29) is 11.4 Å². The summed E-state index contributed by atoms with van der Waals surface area (Å²) in [6.07, 6.45) is 2.05. The third kappa shape index (κ3) is 1.82. The van der Waals surface area contributed by atoms with E-state index in [1.165, 1.54) is 12.1 Å². The lowest BCUT2D eigenvalue weighted by atomic mass is 10.0. The third-order valence-electron chi connectivity index (χ3n) is 3.40. The smallest absolute Gasteiger partial charge is 0.129 e. The number of hydrogen-bond donors (Lipinski definition) is 1. The molecule has 3 nitrogen and oxygen atoms in total. The van der Waals surface area contributed by atoms with Crippen molar-refractivity contribution in [1.82, 2.24) is 14.9 Å². The largest absolute Gasteiger partial charge is 0.331 e. The molecule has 1 aromatic carbocycles. The van der Waals surface area contributed by atoms with Gasteiger partial charge in [0.2, 0.25) is 0 Å². The maximum absolute atomic E-state index is 12.9. The number of imidazole rings is 1. The molecule has 2 heterocycles. The molecule has 1 N–H and O–H groups in total. The molecule has 18 heavy (non-hydrogen) atoms. The molecule has 0 aliphatic carbocycles. The zero-order chi connectivity index (χ0) is 12.8. The van der Waals surface area contributed by atoms with Crippen molar-refractivity contribution >= 4 is 0 Å². The Morgan fingerprint density at radius 2 is 2.00 bits per heavy atom. The molecule has 2 aromatic rings. The molecule has 0 unspecified atom stereocenters. The standard InChI is InChI=1S/C14H16FN3/c1-14(2)13-17-12(9-18(13)8-7-16-14)10-3-5-11(15)6-4-10/h3-6,9,16H,7-8H2,1-2H3. The first-order valence-corrected chi connectivity index (χ1v) is 6.15. The lowest BCUT2D eigenvalue weighted by Crippen LogP contribution is -2.45. The summed E-state index contributed by atoms with van der Waals surface area (Å²) in [7, 11) is 0. The number of fused-ring (bicyclic) bond motifs is 1. The molecular weight excluding hydrogens is 229 g/mol. The van der Waals surface area contributed by atoms with E-state index in [1.54, 1.807) is 12.1 Å². The van der Waals surface area contributed by atoms with E-state index in [9.17, 15) is 4.39 Å². The van der Waals surface area contributed by atoms with Crippen molar-refractivity contribution in [2.75, 3.05) is 6.54 Å². The Morgan fingerprint density at radius 3 is 2.67 bits per heavy atom. The van der Waals surface area contributed by atoms with E-state index in [0.29, 0.717) is 0 Å². The summed E-state index contributed by atoms with van der Waals surface area (Å²) in [5.41, 5.74) is 1.74. The summed E-state index contributed by atoms with van der Waals surface area (Å²) in [5.74, 6) is 0.817. The molecule has 0 saturated carbocycles. The molecule has 1 aliphatic rings. The van der Waals surface area contributed by atoms with Crippen molar-refractivity contribution in [3.63, 3.8) is 0 Å². The first-order chi connectivity index (χ1) is 8.56. The number of nitrogens with zero attached hydrogens (tertiary/aromatic N) is 2. The van der Waals surface area contributed by atoms with Gasteiger partial charge in [-0.05, 0) is 38.1 Å². The maximum Gasteiger partial charge on any atom is 0.129 e. The van der Waals surface area contributed by atoms with Gasteiger partial charge in [0.25, 0.3) is 0 Å². The molecule has 0 spiro atoms. The monoisotopic (exact) mass is 245 g/mol. The molecule has 1 aromatic heterocycles. The Balaban J connectivity index is 2.05. The highest BCUT2D eigenvalue weighted by atomic mass is 19.1. The Kier molecular flexibility index (Phi) is 2.48.